The van der Waals surface area contributed by atoms with Crippen molar-refractivity contribution in [1.82, 2.24) is 9.55 Å². The molecule has 3 aromatic rings. The van der Waals surface area contributed by atoms with Gasteiger partial charge in [-0.1, -0.05) is 12.1 Å². The second-order valence-corrected chi connectivity index (χ2v) is 6.60. The van der Waals surface area contributed by atoms with Crippen LogP contribution in [0.3, 0.4) is 0 Å². The number of ether oxygens (including phenoxy) is 1. The molecule has 2 heterocycles. The molecule has 2 aromatic carbocycles. The Balaban J connectivity index is 1.68. The summed E-state index contributed by atoms with van der Waals surface area (Å²) in [6.45, 7) is -0.232. The van der Waals surface area contributed by atoms with E-state index in [1.807, 2.05) is 0 Å². The number of benzene rings is 2. The summed E-state index contributed by atoms with van der Waals surface area (Å²) in [5.74, 6) is -1.79. The van der Waals surface area contributed by atoms with Gasteiger partial charge in [0, 0.05) is 18.4 Å². The first-order valence-electron chi connectivity index (χ1n) is 8.75. The van der Waals surface area contributed by atoms with Gasteiger partial charge in [0.25, 0.3) is 5.91 Å². The van der Waals surface area contributed by atoms with Crippen LogP contribution in [0.15, 0.2) is 48.8 Å². The standard InChI is InChI=1S/C20H16F2N4O3/c21-12-5-13(22)7-14(6-12)26-10-24-19-16(8-18(28)25-20(19)26)11-1-3-15(4-2-11)29-9-17(23)27/h1-7,10,16H,8-9H2,(H2,23,27)(H,25,28)/t16-/m0/s1. The van der Waals surface area contributed by atoms with Gasteiger partial charge >= 0.3 is 0 Å². The SMILES string of the molecule is NC(=O)COc1ccc([C@@H]2CC(=O)Nc3c2ncn3-c2cc(F)cc(F)c2)cc1. The molecule has 1 aliphatic heterocycles. The van der Waals surface area contributed by atoms with Gasteiger partial charge in [-0.05, 0) is 29.8 Å². The monoisotopic (exact) mass is 398 g/mol. The van der Waals surface area contributed by atoms with Crippen molar-refractivity contribution < 1.29 is 23.1 Å². The number of aromatic nitrogens is 2. The van der Waals surface area contributed by atoms with Crippen molar-refractivity contribution in [2.24, 2.45) is 5.73 Å². The van der Waals surface area contributed by atoms with Crippen LogP contribution in [0.25, 0.3) is 5.69 Å². The minimum absolute atomic E-state index is 0.170. The fourth-order valence-corrected chi connectivity index (χ4v) is 3.31. The molecule has 1 aromatic heterocycles. The summed E-state index contributed by atoms with van der Waals surface area (Å²) in [6, 6.07) is 9.97. The number of nitrogens with two attached hydrogens (primary N) is 1. The topological polar surface area (TPSA) is 99.2 Å². The lowest BCUT2D eigenvalue weighted by Gasteiger charge is -2.23. The number of primary amides is 1. The first-order chi connectivity index (χ1) is 13.9. The molecule has 0 fully saturated rings. The van der Waals surface area contributed by atoms with Crippen molar-refractivity contribution in [2.75, 3.05) is 11.9 Å². The smallest absolute Gasteiger partial charge is 0.255 e. The van der Waals surface area contributed by atoms with Gasteiger partial charge in [-0.15, -0.1) is 0 Å². The van der Waals surface area contributed by atoms with Crippen LogP contribution in [0.5, 0.6) is 5.75 Å². The number of rotatable bonds is 5. The Morgan fingerprint density at radius 2 is 1.90 bits per heavy atom. The van der Waals surface area contributed by atoms with Crippen molar-refractivity contribution in [2.45, 2.75) is 12.3 Å². The van der Waals surface area contributed by atoms with E-state index in [1.165, 1.54) is 10.9 Å². The number of nitrogens with one attached hydrogen (secondary N) is 1. The Bertz CT molecular complexity index is 1080. The highest BCUT2D eigenvalue weighted by Gasteiger charge is 2.31. The molecule has 0 saturated carbocycles. The molecule has 0 saturated heterocycles. The average Bonchev–Trinajstić information content (AvgIpc) is 3.09. The molecule has 3 N–H and O–H groups in total. The van der Waals surface area contributed by atoms with Gasteiger partial charge in [-0.2, -0.15) is 0 Å². The summed E-state index contributed by atoms with van der Waals surface area (Å²) < 4.78 is 33.9. The third-order valence-electron chi connectivity index (χ3n) is 4.56. The fourth-order valence-electron chi connectivity index (χ4n) is 3.31. The van der Waals surface area contributed by atoms with Crippen molar-refractivity contribution in [3.8, 4) is 11.4 Å². The van der Waals surface area contributed by atoms with E-state index < -0.39 is 17.5 Å². The van der Waals surface area contributed by atoms with E-state index in [0.717, 1.165) is 23.8 Å². The van der Waals surface area contributed by atoms with Gasteiger partial charge in [-0.25, -0.2) is 13.8 Å². The number of carbonyl (C=O) groups excluding carboxylic acids is 2. The summed E-state index contributed by atoms with van der Waals surface area (Å²) in [5, 5.41) is 2.73. The minimum Gasteiger partial charge on any atom is -0.484 e. The summed E-state index contributed by atoms with van der Waals surface area (Å²) in [7, 11) is 0. The summed E-state index contributed by atoms with van der Waals surface area (Å²) in [6.07, 6.45) is 1.59. The zero-order chi connectivity index (χ0) is 20.5. The second kappa shape index (κ2) is 7.34. The van der Waals surface area contributed by atoms with Crippen LogP contribution in [-0.4, -0.2) is 28.0 Å². The van der Waals surface area contributed by atoms with Crippen LogP contribution in [0.1, 0.15) is 23.6 Å². The zero-order valence-corrected chi connectivity index (χ0v) is 15.1. The van der Waals surface area contributed by atoms with E-state index in [-0.39, 0.29) is 30.5 Å². The van der Waals surface area contributed by atoms with Crippen LogP contribution in [-0.2, 0) is 9.59 Å². The normalized spacial score (nSPS) is 15.5. The lowest BCUT2D eigenvalue weighted by atomic mass is 9.90. The Kier molecular flexibility index (Phi) is 4.71. The summed E-state index contributed by atoms with van der Waals surface area (Å²) in [4.78, 5) is 27.5. The van der Waals surface area contributed by atoms with E-state index in [4.69, 9.17) is 10.5 Å². The number of hydrogen-bond acceptors (Lipinski definition) is 4. The molecule has 4 rings (SSSR count). The molecular formula is C20H16F2N4O3. The molecule has 0 spiro atoms. The second-order valence-electron chi connectivity index (χ2n) is 6.60. The molecule has 7 nitrogen and oxygen atoms in total. The Morgan fingerprint density at radius 3 is 2.55 bits per heavy atom. The van der Waals surface area contributed by atoms with Crippen molar-refractivity contribution in [1.29, 1.82) is 0 Å². The van der Waals surface area contributed by atoms with E-state index >= 15 is 0 Å². The number of amides is 2. The van der Waals surface area contributed by atoms with Crippen molar-refractivity contribution in [3.63, 3.8) is 0 Å². The highest BCUT2D eigenvalue weighted by molar-refractivity contribution is 5.94. The number of nitrogens with zero attached hydrogens (tertiary/aromatic N) is 2. The van der Waals surface area contributed by atoms with Crippen molar-refractivity contribution >= 4 is 17.6 Å². The summed E-state index contributed by atoms with van der Waals surface area (Å²) >= 11 is 0. The summed E-state index contributed by atoms with van der Waals surface area (Å²) in [5.41, 5.74) is 6.67. The van der Waals surface area contributed by atoms with E-state index in [1.54, 1.807) is 24.3 Å². The molecule has 148 valence electrons. The minimum atomic E-state index is -0.729. The fraction of sp³-hybridized carbons (Fsp3) is 0.150. The van der Waals surface area contributed by atoms with E-state index in [0.29, 0.717) is 17.3 Å². The lowest BCUT2D eigenvalue weighted by Crippen LogP contribution is -2.25. The zero-order valence-electron chi connectivity index (χ0n) is 15.1. The predicted molar refractivity (Wildman–Crippen MR) is 99.7 cm³/mol. The number of halogens is 2. The maximum atomic E-state index is 13.6. The molecule has 29 heavy (non-hydrogen) atoms. The predicted octanol–water partition coefficient (Wildman–Crippen LogP) is 2.49. The molecule has 0 radical (unpaired) electrons. The Morgan fingerprint density at radius 1 is 1.21 bits per heavy atom. The number of anilines is 1. The number of imidazole rings is 1. The maximum Gasteiger partial charge on any atom is 0.255 e. The first-order valence-corrected chi connectivity index (χ1v) is 8.75. The molecular weight excluding hydrogens is 382 g/mol. The largest absolute Gasteiger partial charge is 0.484 e. The van der Waals surface area contributed by atoms with Crippen LogP contribution >= 0.6 is 0 Å². The van der Waals surface area contributed by atoms with Gasteiger partial charge in [0.05, 0.1) is 11.4 Å². The number of hydrogen-bond donors (Lipinski definition) is 2. The highest BCUT2D eigenvalue weighted by Crippen LogP contribution is 2.37. The van der Waals surface area contributed by atoms with E-state index in [2.05, 4.69) is 10.3 Å². The quantitative estimate of drug-likeness (QED) is 0.690. The highest BCUT2D eigenvalue weighted by atomic mass is 19.1. The Labute approximate surface area is 164 Å². The van der Waals surface area contributed by atoms with Gasteiger partial charge in [0.15, 0.2) is 6.61 Å². The van der Waals surface area contributed by atoms with Gasteiger partial charge in [0.1, 0.15) is 29.5 Å². The molecule has 1 aliphatic rings. The molecule has 1 atom stereocenters. The molecule has 9 heteroatoms. The van der Waals surface area contributed by atoms with Crippen LogP contribution < -0.4 is 15.8 Å². The Hall–Kier alpha value is -3.75. The van der Waals surface area contributed by atoms with Crippen molar-refractivity contribution in [3.05, 3.63) is 71.7 Å². The number of fused-ring (bicyclic) bond motifs is 1. The third kappa shape index (κ3) is 3.79. The van der Waals surface area contributed by atoms with E-state index in [9.17, 15) is 18.4 Å². The third-order valence-corrected chi connectivity index (χ3v) is 4.56. The average molecular weight is 398 g/mol. The van der Waals surface area contributed by atoms with Gasteiger partial charge in [0.2, 0.25) is 5.91 Å². The molecule has 0 bridgehead atoms. The molecule has 0 aliphatic carbocycles. The van der Waals surface area contributed by atoms with Gasteiger partial charge < -0.3 is 15.8 Å². The van der Waals surface area contributed by atoms with Crippen LogP contribution in [0.2, 0.25) is 0 Å². The number of carbonyl (C=O) groups is 2. The maximum absolute atomic E-state index is 13.6. The van der Waals surface area contributed by atoms with Crippen LogP contribution in [0.4, 0.5) is 14.6 Å². The molecule has 2 amide bonds. The van der Waals surface area contributed by atoms with Crippen LogP contribution in [0, 0.1) is 11.6 Å². The first kappa shape index (κ1) is 18.6. The molecule has 0 unspecified atom stereocenters. The lowest BCUT2D eigenvalue weighted by molar-refractivity contribution is -0.120. The van der Waals surface area contributed by atoms with Gasteiger partial charge in [-0.3, -0.25) is 14.2 Å².